The van der Waals surface area contributed by atoms with Crippen LogP contribution in [0.5, 0.6) is 0 Å². The van der Waals surface area contributed by atoms with E-state index in [4.69, 9.17) is 4.74 Å². The zero-order valence-electron chi connectivity index (χ0n) is 22.4. The van der Waals surface area contributed by atoms with Gasteiger partial charge in [-0.15, -0.1) is 0 Å². The van der Waals surface area contributed by atoms with E-state index < -0.39 is 29.1 Å². The Morgan fingerprint density at radius 1 is 1.09 bits per heavy atom. The van der Waals surface area contributed by atoms with Crippen molar-refractivity contribution in [3.63, 3.8) is 0 Å². The number of esters is 1. The van der Waals surface area contributed by atoms with Crippen LogP contribution in [0.15, 0.2) is 22.3 Å². The number of ether oxygens (including phenoxy) is 1. The monoisotopic (exact) mass is 474 g/mol. The fourth-order valence-corrected chi connectivity index (χ4v) is 8.64. The van der Waals surface area contributed by atoms with Gasteiger partial charge >= 0.3 is 5.97 Å². The second-order valence-corrected chi connectivity index (χ2v) is 13.2. The van der Waals surface area contributed by atoms with Crippen molar-refractivity contribution in [3.8, 4) is 0 Å². The Morgan fingerprint density at radius 2 is 1.74 bits per heavy atom. The van der Waals surface area contributed by atoms with Crippen molar-refractivity contribution in [2.24, 2.45) is 34.0 Å². The fourth-order valence-electron chi connectivity index (χ4n) is 8.64. The third-order valence-corrected chi connectivity index (χ3v) is 10.3. The van der Waals surface area contributed by atoms with E-state index in [2.05, 4.69) is 34.6 Å². The molecule has 0 aromatic rings. The average molecular weight is 475 g/mol. The van der Waals surface area contributed by atoms with E-state index in [1.165, 1.54) is 22.3 Å². The number of rotatable bonds is 4. The van der Waals surface area contributed by atoms with Gasteiger partial charge in [0.25, 0.3) is 0 Å². The van der Waals surface area contributed by atoms with Crippen molar-refractivity contribution >= 4 is 5.97 Å². The molecule has 0 saturated heterocycles. The molecule has 8 atom stereocenters. The molecule has 0 aromatic carbocycles. The van der Waals surface area contributed by atoms with Crippen molar-refractivity contribution < 1.29 is 24.9 Å². The van der Waals surface area contributed by atoms with Gasteiger partial charge < -0.3 is 20.1 Å². The smallest absolute Gasteiger partial charge is 0.306 e. The number of hydrogen-bond donors (Lipinski definition) is 3. The maximum Gasteiger partial charge on any atom is 0.306 e. The van der Waals surface area contributed by atoms with E-state index in [1.54, 1.807) is 0 Å². The van der Waals surface area contributed by atoms with E-state index in [0.29, 0.717) is 0 Å². The van der Waals surface area contributed by atoms with Crippen LogP contribution in [0.1, 0.15) is 93.9 Å². The Balaban J connectivity index is 1.79. The molecule has 0 radical (unpaired) electrons. The normalized spacial score (nSPS) is 42.3. The van der Waals surface area contributed by atoms with Crippen LogP contribution < -0.4 is 0 Å². The van der Waals surface area contributed by atoms with Crippen molar-refractivity contribution in [1.29, 1.82) is 0 Å². The quantitative estimate of drug-likeness (QED) is 0.503. The lowest BCUT2D eigenvalue weighted by Crippen LogP contribution is -2.67. The lowest BCUT2D eigenvalue weighted by Gasteiger charge is -2.62. The number of carbonyl (C=O) groups excluding carboxylic acids is 1. The molecule has 4 rings (SSSR count). The van der Waals surface area contributed by atoms with Crippen molar-refractivity contribution in [2.45, 2.75) is 118 Å². The molecule has 0 amide bonds. The first-order chi connectivity index (χ1) is 15.7. The van der Waals surface area contributed by atoms with Gasteiger partial charge in [0, 0.05) is 11.8 Å². The summed E-state index contributed by atoms with van der Waals surface area (Å²) in [7, 11) is 0. The molecule has 0 heterocycles. The van der Waals surface area contributed by atoms with E-state index in [9.17, 15) is 20.1 Å². The van der Waals surface area contributed by atoms with E-state index in [-0.39, 0.29) is 41.7 Å². The summed E-state index contributed by atoms with van der Waals surface area (Å²) in [6, 6.07) is 0. The third kappa shape index (κ3) is 3.56. The lowest BCUT2D eigenvalue weighted by atomic mass is 9.45. The molecular weight excluding hydrogens is 428 g/mol. The van der Waals surface area contributed by atoms with Gasteiger partial charge in [0.2, 0.25) is 0 Å². The molecule has 4 aliphatic rings. The van der Waals surface area contributed by atoms with Gasteiger partial charge in [-0.05, 0) is 85.7 Å². The van der Waals surface area contributed by atoms with Gasteiger partial charge in [-0.1, -0.05) is 52.7 Å². The highest BCUT2D eigenvalue weighted by molar-refractivity contribution is 5.70. The second-order valence-electron chi connectivity index (χ2n) is 13.2. The van der Waals surface area contributed by atoms with Crippen LogP contribution in [0.4, 0.5) is 0 Å². The second kappa shape index (κ2) is 8.45. The van der Waals surface area contributed by atoms with E-state index in [0.717, 1.165) is 32.1 Å². The Bertz CT molecular complexity index is 911. The Labute approximate surface area is 205 Å². The summed E-state index contributed by atoms with van der Waals surface area (Å²) in [5.41, 5.74) is 4.31. The van der Waals surface area contributed by atoms with Gasteiger partial charge in [0.15, 0.2) is 6.10 Å². The van der Waals surface area contributed by atoms with Crippen LogP contribution in [0.3, 0.4) is 0 Å². The molecule has 192 valence electrons. The molecule has 5 heteroatoms. The number of hydrogen-bond acceptors (Lipinski definition) is 5. The molecule has 0 aliphatic heterocycles. The maximum atomic E-state index is 12.6. The van der Waals surface area contributed by atoms with Crippen LogP contribution in [0.2, 0.25) is 0 Å². The van der Waals surface area contributed by atoms with E-state index in [1.807, 2.05) is 20.8 Å². The first-order valence-electron chi connectivity index (χ1n) is 13.3. The third-order valence-electron chi connectivity index (χ3n) is 10.3. The molecule has 34 heavy (non-hydrogen) atoms. The minimum atomic E-state index is -0.957. The van der Waals surface area contributed by atoms with Gasteiger partial charge in [-0.25, -0.2) is 0 Å². The summed E-state index contributed by atoms with van der Waals surface area (Å²) in [5, 5.41) is 33.7. The summed E-state index contributed by atoms with van der Waals surface area (Å²) in [6.45, 7) is 16.7. The fraction of sp³-hybridized carbons (Fsp3) is 0.828. The van der Waals surface area contributed by atoms with Crippen molar-refractivity contribution in [3.05, 3.63) is 22.3 Å². The largest absolute Gasteiger partial charge is 0.457 e. The number of fused-ring (bicyclic) bond motifs is 4. The number of carbonyl (C=O) groups is 1. The van der Waals surface area contributed by atoms with Crippen LogP contribution in [-0.2, 0) is 9.53 Å². The molecule has 3 N–H and O–H groups in total. The first-order valence-corrected chi connectivity index (χ1v) is 13.3. The van der Waals surface area contributed by atoms with Crippen LogP contribution in [0, 0.1) is 34.0 Å². The Hall–Kier alpha value is -1.17. The highest BCUT2D eigenvalue weighted by Crippen LogP contribution is 2.67. The van der Waals surface area contributed by atoms with Crippen LogP contribution in [0.25, 0.3) is 0 Å². The Morgan fingerprint density at radius 3 is 2.32 bits per heavy atom. The minimum Gasteiger partial charge on any atom is -0.457 e. The van der Waals surface area contributed by atoms with Gasteiger partial charge in [-0.3, -0.25) is 4.79 Å². The molecule has 1 saturated carbocycles. The number of allylic oxidation sites excluding steroid dienone is 3. The number of aliphatic hydroxyl groups excluding tert-OH is 3. The molecular formula is C29H46O5. The topological polar surface area (TPSA) is 87.0 Å². The van der Waals surface area contributed by atoms with Crippen LogP contribution in [-0.4, -0.2) is 45.7 Å². The van der Waals surface area contributed by atoms with Crippen molar-refractivity contribution in [1.82, 2.24) is 0 Å². The zero-order valence-corrected chi connectivity index (χ0v) is 22.4. The molecule has 0 aromatic heterocycles. The average Bonchev–Trinajstić information content (AvgIpc) is 3.00. The summed E-state index contributed by atoms with van der Waals surface area (Å²) >= 11 is 0. The summed E-state index contributed by atoms with van der Waals surface area (Å²) in [4.78, 5) is 12.6. The van der Waals surface area contributed by atoms with E-state index >= 15 is 0 Å². The van der Waals surface area contributed by atoms with Gasteiger partial charge in [0.1, 0.15) is 6.10 Å². The SMILES string of the molecule is CC1=C2C3=C(CCC2(C)C(C(C)O)C1)C1(C)C(O)C(OC(=O)CC(C)C)C(O)C(C)(C)C1CC3. The Kier molecular flexibility index (Phi) is 6.44. The maximum absolute atomic E-state index is 12.6. The first kappa shape index (κ1) is 25.9. The molecule has 8 unspecified atom stereocenters. The standard InChI is InChI=1S/C29H46O5/c1-15(2)13-22(31)34-24-25(32)27(5,6)21-10-9-18-19(29(21,8)26(24)33)11-12-28(7)20(17(4)30)14-16(3)23(18)28/h15,17,20-21,24-26,30,32-33H,9-14H2,1-8H3. The predicted molar refractivity (Wildman–Crippen MR) is 133 cm³/mol. The highest BCUT2D eigenvalue weighted by atomic mass is 16.6. The molecule has 1 fully saturated rings. The zero-order chi connectivity index (χ0) is 25.4. The minimum absolute atomic E-state index is 0.0436. The van der Waals surface area contributed by atoms with Gasteiger partial charge in [0.05, 0.1) is 12.2 Å². The molecule has 4 aliphatic carbocycles. The summed E-state index contributed by atoms with van der Waals surface area (Å²) in [5.74, 6) is 0.108. The number of aliphatic hydroxyl groups is 3. The van der Waals surface area contributed by atoms with Crippen molar-refractivity contribution in [2.75, 3.05) is 0 Å². The van der Waals surface area contributed by atoms with Gasteiger partial charge in [-0.2, -0.15) is 0 Å². The molecule has 5 nitrogen and oxygen atoms in total. The predicted octanol–water partition coefficient (Wildman–Crippen LogP) is 4.94. The summed E-state index contributed by atoms with van der Waals surface area (Å²) in [6.07, 6.45) is 1.66. The molecule has 0 spiro atoms. The molecule has 0 bridgehead atoms. The highest BCUT2D eigenvalue weighted by Gasteiger charge is 2.65. The summed E-state index contributed by atoms with van der Waals surface area (Å²) < 4.78 is 5.83. The van der Waals surface area contributed by atoms with Crippen LogP contribution >= 0.6 is 0 Å². The lowest BCUT2D eigenvalue weighted by molar-refractivity contribution is -0.229.